The molecule has 1 aromatic rings. The Morgan fingerprint density at radius 3 is 2.65 bits per heavy atom. The summed E-state index contributed by atoms with van der Waals surface area (Å²) in [5.74, 6) is 0.383. The van der Waals surface area contributed by atoms with Crippen molar-refractivity contribution in [3.8, 4) is 5.75 Å². The van der Waals surface area contributed by atoms with E-state index in [0.717, 1.165) is 31.6 Å². The van der Waals surface area contributed by atoms with E-state index in [1.165, 1.54) is 5.56 Å². The van der Waals surface area contributed by atoms with Crippen LogP contribution in [0.15, 0.2) is 18.2 Å². The predicted octanol–water partition coefficient (Wildman–Crippen LogP) is 1.65. The normalized spacial score (nSPS) is 19.0. The van der Waals surface area contributed by atoms with Gasteiger partial charge in [0.05, 0.1) is 0 Å². The highest BCUT2D eigenvalue weighted by atomic mass is 35.5. The smallest absolute Gasteiger partial charge is 0.118 e. The molecule has 1 heterocycles. The van der Waals surface area contributed by atoms with Crippen LogP contribution in [0.3, 0.4) is 0 Å². The van der Waals surface area contributed by atoms with Gasteiger partial charge in [-0.05, 0) is 30.5 Å². The molecule has 0 spiro atoms. The van der Waals surface area contributed by atoms with Crippen LogP contribution in [0, 0.1) is 6.92 Å². The topological polar surface area (TPSA) is 44.3 Å². The first-order valence-corrected chi connectivity index (χ1v) is 5.48. The molecule has 2 rings (SSSR count). The van der Waals surface area contributed by atoms with Gasteiger partial charge in [0.1, 0.15) is 5.75 Å². The van der Waals surface area contributed by atoms with Crippen LogP contribution < -0.4 is 10.6 Å². The molecular weight excluding hydrogens is 259 g/mol. The molecule has 1 fully saturated rings. The van der Waals surface area contributed by atoms with Gasteiger partial charge in [0.2, 0.25) is 0 Å². The van der Waals surface area contributed by atoms with Crippen molar-refractivity contribution in [3.63, 3.8) is 0 Å². The Labute approximate surface area is 115 Å². The van der Waals surface area contributed by atoms with Crippen LogP contribution in [0.4, 0.5) is 0 Å². The summed E-state index contributed by atoms with van der Waals surface area (Å²) in [6, 6.07) is 6.35. The fourth-order valence-corrected chi connectivity index (χ4v) is 1.99. The molecule has 5 heteroatoms. The van der Waals surface area contributed by atoms with E-state index in [2.05, 4.69) is 16.7 Å². The third kappa shape index (κ3) is 4.72. The Hall–Kier alpha value is -0.480. The maximum atomic E-state index is 9.42. The second-order valence-electron chi connectivity index (χ2n) is 4.18. The third-order valence-corrected chi connectivity index (χ3v) is 2.87. The Kier molecular flexibility index (Phi) is 7.55. The Morgan fingerprint density at radius 1 is 1.29 bits per heavy atom. The van der Waals surface area contributed by atoms with Gasteiger partial charge in [0.25, 0.3) is 0 Å². The van der Waals surface area contributed by atoms with Gasteiger partial charge in [0, 0.05) is 25.7 Å². The summed E-state index contributed by atoms with van der Waals surface area (Å²) in [5.41, 5.74) is 2.24. The van der Waals surface area contributed by atoms with E-state index in [-0.39, 0.29) is 24.8 Å². The molecule has 1 aliphatic heterocycles. The molecule has 1 aromatic carbocycles. The van der Waals surface area contributed by atoms with E-state index in [9.17, 15) is 5.11 Å². The molecular formula is C12H20Cl2N2O. The van der Waals surface area contributed by atoms with Gasteiger partial charge >= 0.3 is 0 Å². The minimum absolute atomic E-state index is 0. The minimum Gasteiger partial charge on any atom is -0.508 e. The standard InChI is InChI=1S/C12H18N2O.2ClH/c1-9-6-10(2-3-12(9)15)7-11-8-13-4-5-14-11;;/h2-3,6,11,13-15H,4-5,7-8H2,1H3;2*1H. The van der Waals surface area contributed by atoms with Gasteiger partial charge in [-0.2, -0.15) is 0 Å². The zero-order valence-electron chi connectivity index (χ0n) is 9.90. The summed E-state index contributed by atoms with van der Waals surface area (Å²) < 4.78 is 0. The van der Waals surface area contributed by atoms with Gasteiger partial charge in [-0.1, -0.05) is 12.1 Å². The summed E-state index contributed by atoms with van der Waals surface area (Å²) in [6.45, 7) is 5.07. The van der Waals surface area contributed by atoms with E-state index < -0.39 is 0 Å². The molecule has 0 bridgehead atoms. The number of nitrogens with one attached hydrogen (secondary N) is 2. The molecule has 3 nitrogen and oxygen atoms in total. The lowest BCUT2D eigenvalue weighted by molar-refractivity contribution is 0.416. The third-order valence-electron chi connectivity index (χ3n) is 2.87. The Balaban J connectivity index is 0.00000128. The summed E-state index contributed by atoms with van der Waals surface area (Å²) in [5, 5.41) is 16.3. The number of rotatable bonds is 2. The van der Waals surface area contributed by atoms with Crippen molar-refractivity contribution in [2.45, 2.75) is 19.4 Å². The van der Waals surface area contributed by atoms with E-state index in [1.54, 1.807) is 6.07 Å². The van der Waals surface area contributed by atoms with Crippen LogP contribution in [-0.4, -0.2) is 30.8 Å². The molecule has 0 amide bonds. The second kappa shape index (κ2) is 7.77. The highest BCUT2D eigenvalue weighted by Crippen LogP contribution is 2.17. The number of phenols is 1. The van der Waals surface area contributed by atoms with Gasteiger partial charge in [-0.25, -0.2) is 0 Å². The lowest BCUT2D eigenvalue weighted by Gasteiger charge is -2.24. The van der Waals surface area contributed by atoms with Gasteiger partial charge in [-0.15, -0.1) is 24.8 Å². The number of hydrogen-bond acceptors (Lipinski definition) is 3. The first-order valence-electron chi connectivity index (χ1n) is 5.48. The lowest BCUT2D eigenvalue weighted by atomic mass is 10.0. The van der Waals surface area contributed by atoms with E-state index >= 15 is 0 Å². The molecule has 1 saturated heterocycles. The first kappa shape index (κ1) is 16.5. The molecule has 0 saturated carbocycles. The number of halogens is 2. The van der Waals surface area contributed by atoms with Crippen LogP contribution >= 0.6 is 24.8 Å². The van der Waals surface area contributed by atoms with E-state index in [4.69, 9.17) is 0 Å². The van der Waals surface area contributed by atoms with Gasteiger partial charge < -0.3 is 15.7 Å². The maximum Gasteiger partial charge on any atom is 0.118 e. The van der Waals surface area contributed by atoms with Crippen LogP contribution in [0.2, 0.25) is 0 Å². The van der Waals surface area contributed by atoms with Crippen molar-refractivity contribution in [2.24, 2.45) is 0 Å². The molecule has 0 aliphatic carbocycles. The number of benzene rings is 1. The average molecular weight is 279 g/mol. The Bertz CT molecular complexity index is 341. The highest BCUT2D eigenvalue weighted by Gasteiger charge is 2.12. The van der Waals surface area contributed by atoms with Gasteiger partial charge in [0.15, 0.2) is 0 Å². The second-order valence-corrected chi connectivity index (χ2v) is 4.18. The highest BCUT2D eigenvalue weighted by molar-refractivity contribution is 5.85. The molecule has 1 atom stereocenters. The van der Waals surface area contributed by atoms with Crippen LogP contribution in [0.25, 0.3) is 0 Å². The van der Waals surface area contributed by atoms with Gasteiger partial charge in [-0.3, -0.25) is 0 Å². The minimum atomic E-state index is 0. The average Bonchev–Trinajstić information content (AvgIpc) is 2.25. The zero-order valence-corrected chi connectivity index (χ0v) is 11.5. The number of piperazine rings is 1. The number of aryl methyl sites for hydroxylation is 1. The molecule has 0 aromatic heterocycles. The zero-order chi connectivity index (χ0) is 10.7. The number of phenolic OH excluding ortho intramolecular Hbond substituents is 1. The van der Waals surface area contributed by atoms with Crippen molar-refractivity contribution in [2.75, 3.05) is 19.6 Å². The maximum absolute atomic E-state index is 9.42. The SMILES string of the molecule is Cc1cc(CC2CNCCN2)ccc1O.Cl.Cl. The van der Waals surface area contributed by atoms with Crippen LogP contribution in [0.5, 0.6) is 5.75 Å². The Morgan fingerprint density at radius 2 is 2.06 bits per heavy atom. The summed E-state index contributed by atoms with van der Waals surface area (Å²) in [4.78, 5) is 0. The van der Waals surface area contributed by atoms with E-state index in [1.807, 2.05) is 13.0 Å². The molecule has 3 N–H and O–H groups in total. The predicted molar refractivity (Wildman–Crippen MR) is 75.7 cm³/mol. The van der Waals surface area contributed by atoms with E-state index in [0.29, 0.717) is 11.8 Å². The largest absolute Gasteiger partial charge is 0.508 e. The monoisotopic (exact) mass is 278 g/mol. The fourth-order valence-electron chi connectivity index (χ4n) is 1.99. The molecule has 17 heavy (non-hydrogen) atoms. The van der Waals surface area contributed by atoms with Crippen LogP contribution in [0.1, 0.15) is 11.1 Å². The summed E-state index contributed by atoms with van der Waals surface area (Å²) >= 11 is 0. The molecule has 1 unspecified atom stereocenters. The molecule has 0 radical (unpaired) electrons. The first-order chi connectivity index (χ1) is 7.25. The summed E-state index contributed by atoms with van der Waals surface area (Å²) in [6.07, 6.45) is 1.02. The fraction of sp³-hybridized carbons (Fsp3) is 0.500. The van der Waals surface area contributed by atoms with Crippen molar-refractivity contribution in [1.29, 1.82) is 0 Å². The quantitative estimate of drug-likeness (QED) is 0.771. The van der Waals surface area contributed by atoms with Crippen molar-refractivity contribution >= 4 is 24.8 Å². The lowest BCUT2D eigenvalue weighted by Crippen LogP contribution is -2.49. The van der Waals surface area contributed by atoms with Crippen molar-refractivity contribution in [3.05, 3.63) is 29.3 Å². The molecule has 98 valence electrons. The molecule has 1 aliphatic rings. The van der Waals surface area contributed by atoms with Crippen molar-refractivity contribution < 1.29 is 5.11 Å². The summed E-state index contributed by atoms with van der Waals surface area (Å²) in [7, 11) is 0. The number of aromatic hydroxyl groups is 1. The van der Waals surface area contributed by atoms with Crippen LogP contribution in [-0.2, 0) is 6.42 Å². The van der Waals surface area contributed by atoms with Crippen molar-refractivity contribution in [1.82, 2.24) is 10.6 Å². The number of hydrogen-bond donors (Lipinski definition) is 3.